The molecule has 0 saturated carbocycles. The number of hydrogen-bond acceptors (Lipinski definition) is 9. The molecule has 1 aliphatic rings. The third-order valence-electron chi connectivity index (χ3n) is 9.84. The van der Waals surface area contributed by atoms with E-state index in [9.17, 15) is 10.2 Å². The van der Waals surface area contributed by atoms with E-state index in [0.29, 0.717) is 17.0 Å². The number of aromatic nitrogens is 4. The Hall–Kier alpha value is -4.13. The zero-order valence-electron chi connectivity index (χ0n) is 28.5. The summed E-state index contributed by atoms with van der Waals surface area (Å²) in [7, 11) is -0.715. The molecule has 48 heavy (non-hydrogen) atoms. The molecular formula is C37H45N5O5Si. The third-order valence-corrected chi connectivity index (χ3v) is 14.3. The summed E-state index contributed by atoms with van der Waals surface area (Å²) >= 11 is 0. The number of hydrogen-bond donors (Lipinski definition) is 3. The highest BCUT2D eigenvalue weighted by atomic mass is 28.4. The smallest absolute Gasteiger partial charge is 0.192 e. The molecule has 1 fully saturated rings. The van der Waals surface area contributed by atoms with Gasteiger partial charge in [0.2, 0.25) is 0 Å². The number of fused-ring (bicyclic) bond motifs is 1. The van der Waals surface area contributed by atoms with Gasteiger partial charge in [0.1, 0.15) is 35.9 Å². The number of nitrogens with one attached hydrogen (secondary N) is 1. The van der Waals surface area contributed by atoms with Gasteiger partial charge in [-0.05, 0) is 53.9 Å². The Morgan fingerprint density at radius 1 is 0.875 bits per heavy atom. The normalized spacial score (nSPS) is 20.9. The first kappa shape index (κ1) is 33.8. The predicted octanol–water partition coefficient (Wildman–Crippen LogP) is 6.27. The monoisotopic (exact) mass is 667 g/mol. The summed E-state index contributed by atoms with van der Waals surface area (Å²) in [5.74, 6) is 1.26. The van der Waals surface area contributed by atoms with Gasteiger partial charge in [-0.3, -0.25) is 4.57 Å². The first-order valence-corrected chi connectivity index (χ1v) is 19.2. The maximum atomic E-state index is 11.4. The Labute approximate surface area is 282 Å². The molecule has 252 valence electrons. The van der Waals surface area contributed by atoms with Gasteiger partial charge >= 0.3 is 0 Å². The summed E-state index contributed by atoms with van der Waals surface area (Å²) in [6.45, 7) is 12.3. The van der Waals surface area contributed by atoms with Gasteiger partial charge in [0.25, 0.3) is 0 Å². The van der Waals surface area contributed by atoms with Crippen LogP contribution in [0.25, 0.3) is 11.2 Å². The zero-order chi connectivity index (χ0) is 34.3. The minimum Gasteiger partial charge on any atom is -0.497 e. The largest absolute Gasteiger partial charge is 0.497 e. The maximum absolute atomic E-state index is 11.4. The second kappa shape index (κ2) is 13.1. The Bertz CT molecular complexity index is 1790. The molecule has 0 radical (unpaired) electrons. The van der Waals surface area contributed by atoms with Crippen LogP contribution in [0.1, 0.15) is 50.6 Å². The van der Waals surface area contributed by atoms with Crippen LogP contribution >= 0.6 is 0 Å². The van der Waals surface area contributed by atoms with E-state index in [2.05, 4.69) is 80.6 Å². The van der Waals surface area contributed by atoms with Gasteiger partial charge in [-0.1, -0.05) is 93.6 Å². The summed E-state index contributed by atoms with van der Waals surface area (Å²) < 4.78 is 20.4. The first-order valence-electron chi connectivity index (χ1n) is 16.3. The number of rotatable bonds is 10. The number of ether oxygens (including phenoxy) is 2. The van der Waals surface area contributed by atoms with Crippen LogP contribution in [0, 0.1) is 0 Å². The summed E-state index contributed by atoms with van der Waals surface area (Å²) in [6, 6.07) is 28.4. The molecule has 3 aromatic carbocycles. The summed E-state index contributed by atoms with van der Waals surface area (Å²) in [5.41, 5.74) is 3.11. The van der Waals surface area contributed by atoms with E-state index in [1.807, 2.05) is 48.5 Å². The van der Waals surface area contributed by atoms with Crippen LogP contribution in [-0.4, -0.2) is 69.6 Å². The highest BCUT2D eigenvalue weighted by Gasteiger charge is 2.52. The summed E-state index contributed by atoms with van der Waals surface area (Å²) in [4.78, 5) is 14.2. The average molecular weight is 668 g/mol. The molecule has 3 N–H and O–H groups in total. The molecule has 5 unspecified atom stereocenters. The van der Waals surface area contributed by atoms with Crippen molar-refractivity contribution in [2.45, 2.75) is 82.0 Å². The molecular weight excluding hydrogens is 623 g/mol. The van der Waals surface area contributed by atoms with Gasteiger partial charge in [-0.2, -0.15) is 0 Å². The molecule has 5 atom stereocenters. The fourth-order valence-electron chi connectivity index (χ4n) is 6.18. The lowest BCUT2D eigenvalue weighted by Crippen LogP contribution is -2.49. The van der Waals surface area contributed by atoms with Crippen LogP contribution in [0.3, 0.4) is 0 Å². The molecule has 2 aromatic heterocycles. The molecule has 1 saturated heterocycles. The van der Waals surface area contributed by atoms with Gasteiger partial charge in [-0.25, -0.2) is 15.0 Å². The number of methoxy groups -OCH3 is 1. The average Bonchev–Trinajstić information content (AvgIpc) is 3.65. The lowest BCUT2D eigenvalue weighted by atomic mass is 9.77. The standard InChI is InChI=1S/C37H45N5O5Si/c1-24(43)31-30(44)32(47-48(6,7)36(2,3)4)35(46-31)42-23-40-29-33(38-22-39-34(29)42)41-37(25-14-10-8-11-15-25,26-16-12-9-13-17-26)27-18-20-28(45-5)21-19-27/h8-24,30-32,35,43-44H,1-7H3,(H,38,39,41). The molecule has 0 aliphatic carbocycles. The van der Waals surface area contributed by atoms with Crippen molar-refractivity contribution in [3.05, 3.63) is 114 Å². The van der Waals surface area contributed by atoms with E-state index < -0.39 is 44.5 Å². The molecule has 0 bridgehead atoms. The number of aliphatic hydroxyl groups is 2. The fourth-order valence-corrected chi connectivity index (χ4v) is 7.47. The van der Waals surface area contributed by atoms with Gasteiger partial charge in [-0.15, -0.1) is 0 Å². The van der Waals surface area contributed by atoms with E-state index in [1.54, 1.807) is 24.9 Å². The van der Waals surface area contributed by atoms with Gasteiger partial charge in [0, 0.05) is 0 Å². The van der Waals surface area contributed by atoms with Crippen molar-refractivity contribution in [2.75, 3.05) is 12.4 Å². The molecule has 0 spiro atoms. The Kier molecular flexibility index (Phi) is 9.18. The van der Waals surface area contributed by atoms with Crippen LogP contribution in [0.2, 0.25) is 18.1 Å². The van der Waals surface area contributed by atoms with Gasteiger partial charge in [0.15, 0.2) is 31.5 Å². The highest BCUT2D eigenvalue weighted by Crippen LogP contribution is 2.44. The Morgan fingerprint density at radius 2 is 1.46 bits per heavy atom. The lowest BCUT2D eigenvalue weighted by molar-refractivity contribution is -0.0773. The molecule has 10 nitrogen and oxygen atoms in total. The van der Waals surface area contributed by atoms with Crippen LogP contribution in [0.4, 0.5) is 5.82 Å². The maximum Gasteiger partial charge on any atom is 0.192 e. The van der Waals surface area contributed by atoms with Gasteiger partial charge < -0.3 is 29.4 Å². The summed E-state index contributed by atoms with van der Waals surface area (Å²) in [5, 5.41) is 25.7. The van der Waals surface area contributed by atoms with Crippen LogP contribution < -0.4 is 10.1 Å². The van der Waals surface area contributed by atoms with E-state index >= 15 is 0 Å². The number of anilines is 1. The van der Waals surface area contributed by atoms with Crippen molar-refractivity contribution >= 4 is 25.3 Å². The number of benzene rings is 3. The minimum atomic E-state index is -2.37. The SMILES string of the molecule is COc1ccc(C(Nc2ncnc3c2ncn3C2OC(C(C)O)C(O)C2O[Si](C)(C)C(C)(C)C)(c2ccccc2)c2ccccc2)cc1. The van der Waals surface area contributed by atoms with Crippen molar-refractivity contribution < 1.29 is 24.1 Å². The number of aliphatic hydroxyl groups excluding tert-OH is 2. The topological polar surface area (TPSA) is 124 Å². The molecule has 6 rings (SSSR count). The molecule has 0 amide bonds. The molecule has 1 aliphatic heterocycles. The second-order valence-electron chi connectivity index (χ2n) is 13.9. The van der Waals surface area contributed by atoms with Crippen molar-refractivity contribution in [3.8, 4) is 5.75 Å². The second-order valence-corrected chi connectivity index (χ2v) is 18.7. The number of imidazole rings is 1. The highest BCUT2D eigenvalue weighted by molar-refractivity contribution is 6.74. The quantitative estimate of drug-likeness (QED) is 0.117. The van der Waals surface area contributed by atoms with Crippen molar-refractivity contribution in [1.29, 1.82) is 0 Å². The van der Waals surface area contributed by atoms with Crippen LogP contribution in [0.15, 0.2) is 97.6 Å². The van der Waals surface area contributed by atoms with E-state index in [1.165, 1.54) is 6.33 Å². The zero-order valence-corrected chi connectivity index (χ0v) is 29.5. The van der Waals surface area contributed by atoms with E-state index in [4.69, 9.17) is 23.9 Å². The Morgan fingerprint density at radius 3 is 2.00 bits per heavy atom. The first-order chi connectivity index (χ1) is 22.9. The van der Waals surface area contributed by atoms with Crippen molar-refractivity contribution in [3.63, 3.8) is 0 Å². The van der Waals surface area contributed by atoms with Crippen molar-refractivity contribution in [1.82, 2.24) is 19.5 Å². The predicted molar refractivity (Wildman–Crippen MR) is 188 cm³/mol. The Balaban J connectivity index is 1.49. The molecule has 5 aromatic rings. The minimum absolute atomic E-state index is 0.115. The lowest BCUT2D eigenvalue weighted by Gasteiger charge is -2.40. The molecule has 11 heteroatoms. The van der Waals surface area contributed by atoms with Crippen molar-refractivity contribution in [2.24, 2.45) is 0 Å². The molecule has 3 heterocycles. The van der Waals surface area contributed by atoms with E-state index in [0.717, 1.165) is 22.4 Å². The number of nitrogens with zero attached hydrogens (tertiary/aromatic N) is 4. The van der Waals surface area contributed by atoms with Crippen LogP contribution in [0.5, 0.6) is 5.75 Å². The summed E-state index contributed by atoms with van der Waals surface area (Å²) in [6.07, 6.45) is -1.20. The third kappa shape index (κ3) is 6.01. The van der Waals surface area contributed by atoms with Crippen LogP contribution in [-0.2, 0) is 14.7 Å². The fraction of sp³-hybridized carbons (Fsp3) is 0.378. The van der Waals surface area contributed by atoms with Gasteiger partial charge in [0.05, 0.1) is 19.5 Å². The van der Waals surface area contributed by atoms with E-state index in [-0.39, 0.29) is 5.04 Å².